The van der Waals surface area contributed by atoms with Gasteiger partial charge in [-0.15, -0.1) is 0 Å². The average molecular weight is 329 g/mol. The molecular formula is C14H25BrN4. The molecule has 2 N–H and O–H groups in total. The Bertz CT molecular complexity index is 414. The molecule has 1 aromatic heterocycles. The highest BCUT2D eigenvalue weighted by molar-refractivity contribution is 9.10. The van der Waals surface area contributed by atoms with Crippen LogP contribution in [0.3, 0.4) is 0 Å². The number of nitrogens with two attached hydrogens (primary N) is 1. The molecule has 0 radical (unpaired) electrons. The van der Waals surface area contributed by atoms with Crippen LogP contribution < -0.4 is 5.73 Å². The molecule has 0 saturated carbocycles. The third kappa shape index (κ3) is 3.38. The largest absolute Gasteiger partial charge is 0.330 e. The maximum absolute atomic E-state index is 5.75. The molecule has 0 aromatic carbocycles. The predicted molar refractivity (Wildman–Crippen MR) is 82.1 cm³/mol. The Labute approximate surface area is 124 Å². The van der Waals surface area contributed by atoms with E-state index in [1.165, 1.54) is 36.0 Å². The number of rotatable bonds is 5. The molecule has 0 spiro atoms. The molecule has 0 amide bonds. The highest BCUT2D eigenvalue weighted by Gasteiger charge is 2.24. The van der Waals surface area contributed by atoms with Crippen molar-refractivity contribution in [3.8, 4) is 0 Å². The van der Waals surface area contributed by atoms with Crippen LogP contribution >= 0.6 is 15.9 Å². The van der Waals surface area contributed by atoms with Crippen molar-refractivity contribution < 1.29 is 0 Å². The molecule has 2 rings (SSSR count). The highest BCUT2D eigenvalue weighted by atomic mass is 79.9. The summed E-state index contributed by atoms with van der Waals surface area (Å²) in [6.45, 7) is 8.10. The monoisotopic (exact) mass is 328 g/mol. The normalized spacial score (nSPS) is 20.9. The lowest BCUT2D eigenvalue weighted by atomic mass is 9.99. The Hall–Kier alpha value is -0.390. The van der Waals surface area contributed by atoms with Crippen LogP contribution in [0, 0.1) is 6.92 Å². The van der Waals surface area contributed by atoms with Crippen LogP contribution in [0.25, 0.3) is 0 Å². The van der Waals surface area contributed by atoms with E-state index >= 15 is 0 Å². The Morgan fingerprint density at radius 2 is 2.21 bits per heavy atom. The minimum absolute atomic E-state index is 0.645. The Kier molecular flexibility index (Phi) is 5.42. The van der Waals surface area contributed by atoms with Crippen LogP contribution in [0.15, 0.2) is 4.47 Å². The fourth-order valence-electron chi connectivity index (χ4n) is 3.00. The summed E-state index contributed by atoms with van der Waals surface area (Å²) >= 11 is 3.69. The number of likely N-dealkylation sites (tertiary alicyclic amines) is 1. The van der Waals surface area contributed by atoms with Crippen LogP contribution in [-0.4, -0.2) is 33.8 Å². The smallest absolute Gasteiger partial charge is 0.0739 e. The van der Waals surface area contributed by atoms with E-state index in [9.17, 15) is 0 Å². The van der Waals surface area contributed by atoms with Crippen molar-refractivity contribution in [1.29, 1.82) is 0 Å². The van der Waals surface area contributed by atoms with Gasteiger partial charge in [0.25, 0.3) is 0 Å². The number of nitrogens with zero attached hydrogens (tertiary/aromatic N) is 3. The van der Waals surface area contributed by atoms with Gasteiger partial charge >= 0.3 is 0 Å². The van der Waals surface area contributed by atoms with E-state index in [-0.39, 0.29) is 0 Å². The molecular weight excluding hydrogens is 304 g/mol. The average Bonchev–Trinajstić information content (AvgIpc) is 2.69. The second-order valence-electron chi connectivity index (χ2n) is 5.36. The topological polar surface area (TPSA) is 47.1 Å². The van der Waals surface area contributed by atoms with E-state index in [1.807, 2.05) is 0 Å². The zero-order valence-corrected chi connectivity index (χ0v) is 13.6. The lowest BCUT2D eigenvalue weighted by Crippen LogP contribution is -2.40. The van der Waals surface area contributed by atoms with E-state index in [0.29, 0.717) is 6.04 Å². The summed E-state index contributed by atoms with van der Waals surface area (Å²) in [5, 5.41) is 4.58. The molecule has 1 fully saturated rings. The van der Waals surface area contributed by atoms with Gasteiger partial charge in [-0.1, -0.05) is 6.42 Å². The number of hydrogen-bond acceptors (Lipinski definition) is 3. The number of aromatic nitrogens is 2. The lowest BCUT2D eigenvalue weighted by molar-refractivity contribution is 0.130. The van der Waals surface area contributed by atoms with Gasteiger partial charge in [-0.25, -0.2) is 0 Å². The number of aryl methyl sites for hydroxylation is 2. The van der Waals surface area contributed by atoms with Crippen LogP contribution in [0.5, 0.6) is 0 Å². The van der Waals surface area contributed by atoms with Gasteiger partial charge in [-0.2, -0.15) is 5.10 Å². The molecule has 0 bridgehead atoms. The van der Waals surface area contributed by atoms with E-state index in [2.05, 4.69) is 44.5 Å². The maximum atomic E-state index is 5.75. The molecule has 1 aliphatic rings. The van der Waals surface area contributed by atoms with E-state index in [0.717, 1.165) is 31.7 Å². The first-order valence-corrected chi connectivity index (χ1v) is 8.12. The van der Waals surface area contributed by atoms with Crippen molar-refractivity contribution in [1.82, 2.24) is 14.7 Å². The van der Waals surface area contributed by atoms with Crippen molar-refractivity contribution in [3.63, 3.8) is 0 Å². The van der Waals surface area contributed by atoms with Crippen molar-refractivity contribution in [2.75, 3.05) is 13.1 Å². The fraction of sp³-hybridized carbons (Fsp3) is 0.786. The second kappa shape index (κ2) is 6.86. The van der Waals surface area contributed by atoms with Crippen molar-refractivity contribution in [2.45, 2.75) is 58.7 Å². The van der Waals surface area contributed by atoms with Gasteiger partial charge in [0.15, 0.2) is 0 Å². The first kappa shape index (κ1) is 15.0. The number of halogens is 1. The first-order valence-electron chi connectivity index (χ1n) is 7.33. The summed E-state index contributed by atoms with van der Waals surface area (Å²) < 4.78 is 3.29. The number of hydrogen-bond donors (Lipinski definition) is 1. The van der Waals surface area contributed by atoms with Crippen molar-refractivity contribution in [2.24, 2.45) is 5.73 Å². The molecule has 2 heterocycles. The minimum atomic E-state index is 0.645. The van der Waals surface area contributed by atoms with Crippen LogP contribution in [0.4, 0.5) is 0 Å². The quantitative estimate of drug-likeness (QED) is 0.903. The zero-order valence-electron chi connectivity index (χ0n) is 12.0. The molecule has 1 unspecified atom stereocenters. The third-order valence-corrected chi connectivity index (χ3v) is 5.09. The molecule has 1 aromatic rings. The second-order valence-corrected chi connectivity index (χ2v) is 6.15. The SMILES string of the molecule is CCn1nc(C)c(Br)c1CN1CCCCC1CCN. The Balaban J connectivity index is 2.14. The van der Waals surface area contributed by atoms with Crippen LogP contribution in [-0.2, 0) is 13.1 Å². The summed E-state index contributed by atoms with van der Waals surface area (Å²) in [4.78, 5) is 2.59. The van der Waals surface area contributed by atoms with Crippen LogP contribution in [0.2, 0.25) is 0 Å². The molecule has 1 aliphatic heterocycles. The van der Waals surface area contributed by atoms with Gasteiger partial charge in [0.05, 0.1) is 15.9 Å². The van der Waals surface area contributed by atoms with E-state index in [1.54, 1.807) is 0 Å². The summed E-state index contributed by atoms with van der Waals surface area (Å²) in [7, 11) is 0. The minimum Gasteiger partial charge on any atom is -0.330 e. The van der Waals surface area contributed by atoms with E-state index in [4.69, 9.17) is 5.73 Å². The summed E-state index contributed by atoms with van der Waals surface area (Å²) in [5.74, 6) is 0. The van der Waals surface area contributed by atoms with Crippen molar-refractivity contribution >= 4 is 15.9 Å². The molecule has 4 nitrogen and oxygen atoms in total. The standard InChI is InChI=1S/C14H25BrN4/c1-3-19-13(14(15)11(2)17-19)10-18-9-5-4-6-12(18)7-8-16/h12H,3-10,16H2,1-2H3. The molecule has 19 heavy (non-hydrogen) atoms. The highest BCUT2D eigenvalue weighted by Crippen LogP contribution is 2.26. The van der Waals surface area contributed by atoms with Gasteiger partial charge in [-0.05, 0) is 62.1 Å². The molecule has 1 saturated heterocycles. The van der Waals surface area contributed by atoms with E-state index < -0.39 is 0 Å². The maximum Gasteiger partial charge on any atom is 0.0739 e. The number of piperidine rings is 1. The molecule has 108 valence electrons. The first-order chi connectivity index (χ1) is 9.17. The van der Waals surface area contributed by atoms with Gasteiger partial charge in [0.2, 0.25) is 0 Å². The Morgan fingerprint density at radius 1 is 1.42 bits per heavy atom. The van der Waals surface area contributed by atoms with Gasteiger partial charge in [0, 0.05) is 19.1 Å². The summed E-state index contributed by atoms with van der Waals surface area (Å²) in [6.07, 6.45) is 5.04. The predicted octanol–water partition coefficient (Wildman–Crippen LogP) is 2.68. The van der Waals surface area contributed by atoms with Gasteiger partial charge < -0.3 is 5.73 Å². The molecule has 0 aliphatic carbocycles. The van der Waals surface area contributed by atoms with Gasteiger partial charge in [-0.3, -0.25) is 9.58 Å². The van der Waals surface area contributed by atoms with Crippen LogP contribution in [0.1, 0.15) is 44.0 Å². The lowest BCUT2D eigenvalue weighted by Gasteiger charge is -2.35. The third-order valence-electron chi connectivity index (χ3n) is 4.05. The summed E-state index contributed by atoms with van der Waals surface area (Å²) in [5.41, 5.74) is 8.15. The van der Waals surface area contributed by atoms with Gasteiger partial charge in [0.1, 0.15) is 0 Å². The fourth-order valence-corrected chi connectivity index (χ4v) is 3.41. The molecule has 5 heteroatoms. The van der Waals surface area contributed by atoms with Crippen molar-refractivity contribution in [3.05, 3.63) is 15.9 Å². The zero-order chi connectivity index (χ0) is 13.8. The Morgan fingerprint density at radius 3 is 2.89 bits per heavy atom. The molecule has 1 atom stereocenters. The summed E-state index contributed by atoms with van der Waals surface area (Å²) in [6, 6.07) is 0.645.